The van der Waals surface area contributed by atoms with Gasteiger partial charge >= 0.3 is 0 Å². The van der Waals surface area contributed by atoms with Crippen LogP contribution in [0.25, 0.3) is 0 Å². The van der Waals surface area contributed by atoms with E-state index in [2.05, 4.69) is 18.8 Å². The summed E-state index contributed by atoms with van der Waals surface area (Å²) in [5, 5.41) is 0. The highest BCUT2D eigenvalue weighted by molar-refractivity contribution is 5.96. The Morgan fingerprint density at radius 1 is 1.22 bits per heavy atom. The predicted molar refractivity (Wildman–Crippen MR) is 123 cm³/mol. The van der Waals surface area contributed by atoms with Gasteiger partial charge in [0.25, 0.3) is 11.8 Å². The number of ether oxygens (including phenoxy) is 2. The van der Waals surface area contributed by atoms with Crippen molar-refractivity contribution in [2.45, 2.75) is 39.2 Å². The van der Waals surface area contributed by atoms with Gasteiger partial charge in [-0.25, -0.2) is 0 Å². The van der Waals surface area contributed by atoms with Gasteiger partial charge in [0.15, 0.2) is 0 Å². The second-order valence-corrected chi connectivity index (χ2v) is 8.60. The summed E-state index contributed by atoms with van der Waals surface area (Å²) in [4.78, 5) is 34.3. The highest BCUT2D eigenvalue weighted by Gasteiger charge is 2.28. The van der Waals surface area contributed by atoms with E-state index in [0.717, 1.165) is 19.3 Å². The molecule has 2 aromatic rings. The number of amides is 2. The first-order chi connectivity index (χ1) is 15.4. The fraction of sp³-hybridized carbons (Fsp3) is 0.480. The van der Waals surface area contributed by atoms with E-state index < -0.39 is 0 Å². The summed E-state index contributed by atoms with van der Waals surface area (Å²) < 4.78 is 11.5. The number of nitrogens with zero attached hydrogens (tertiary/aromatic N) is 3. The van der Waals surface area contributed by atoms with Gasteiger partial charge in [-0.2, -0.15) is 0 Å². The summed E-state index contributed by atoms with van der Waals surface area (Å²) in [5.74, 6) is 1.34. The van der Waals surface area contributed by atoms with Crippen LogP contribution in [-0.4, -0.2) is 66.5 Å². The predicted octanol–water partition coefficient (Wildman–Crippen LogP) is 3.89. The molecular weight excluding hydrogens is 406 g/mol. The molecule has 0 spiro atoms. The van der Waals surface area contributed by atoms with Crippen LogP contribution in [0.1, 0.15) is 54.0 Å². The van der Waals surface area contributed by atoms with Crippen LogP contribution in [0.5, 0.6) is 11.5 Å². The molecule has 7 heteroatoms. The van der Waals surface area contributed by atoms with Gasteiger partial charge in [-0.15, -0.1) is 0 Å². The average Bonchev–Trinajstić information content (AvgIpc) is 2.80. The monoisotopic (exact) mass is 439 g/mol. The minimum absolute atomic E-state index is 0.0462. The minimum atomic E-state index is -0.143. The first kappa shape index (κ1) is 23.6. The molecule has 3 rings (SSSR count). The number of rotatable bonds is 4. The van der Waals surface area contributed by atoms with Gasteiger partial charge in [0.1, 0.15) is 23.8 Å². The van der Waals surface area contributed by atoms with Crippen molar-refractivity contribution in [3.05, 3.63) is 53.9 Å². The van der Waals surface area contributed by atoms with Gasteiger partial charge in [0.2, 0.25) is 0 Å². The third kappa shape index (κ3) is 5.78. The van der Waals surface area contributed by atoms with Crippen LogP contribution in [0.2, 0.25) is 0 Å². The number of para-hydroxylation sites is 1. The third-order valence-corrected chi connectivity index (χ3v) is 5.67. The summed E-state index contributed by atoms with van der Waals surface area (Å²) in [6.07, 6.45) is 3.96. The number of methoxy groups -OCH3 is 1. The molecular formula is C25H33N3O4. The fourth-order valence-electron chi connectivity index (χ4n) is 3.98. The lowest BCUT2D eigenvalue weighted by Crippen LogP contribution is -2.45. The largest absolute Gasteiger partial charge is 0.497 e. The topological polar surface area (TPSA) is 72.0 Å². The number of carbonyl (C=O) groups excluding carboxylic acids is 2. The van der Waals surface area contributed by atoms with Gasteiger partial charge in [0.05, 0.1) is 18.7 Å². The van der Waals surface area contributed by atoms with Crippen molar-refractivity contribution in [1.29, 1.82) is 0 Å². The third-order valence-electron chi connectivity index (χ3n) is 5.67. The Labute approximate surface area is 190 Å². The molecule has 1 aromatic carbocycles. The van der Waals surface area contributed by atoms with Crippen LogP contribution in [-0.2, 0) is 0 Å². The molecule has 7 nitrogen and oxygen atoms in total. The van der Waals surface area contributed by atoms with Crippen molar-refractivity contribution in [1.82, 2.24) is 14.8 Å². The molecule has 0 unspecified atom stereocenters. The van der Waals surface area contributed by atoms with Gasteiger partial charge in [0, 0.05) is 32.4 Å². The number of fused-ring (bicyclic) bond motifs is 1. The Hall–Kier alpha value is -3.09. The van der Waals surface area contributed by atoms with Gasteiger partial charge < -0.3 is 19.3 Å². The van der Waals surface area contributed by atoms with E-state index in [4.69, 9.17) is 9.47 Å². The van der Waals surface area contributed by atoms with Crippen LogP contribution in [0.15, 0.2) is 42.6 Å². The molecule has 0 fully saturated rings. The Kier molecular flexibility index (Phi) is 8.09. The van der Waals surface area contributed by atoms with Gasteiger partial charge in [-0.3, -0.25) is 14.6 Å². The number of carbonyl (C=O) groups is 2. The number of benzene rings is 1. The zero-order valence-electron chi connectivity index (χ0n) is 19.4. The molecule has 0 saturated carbocycles. The highest BCUT2D eigenvalue weighted by atomic mass is 16.5. The van der Waals surface area contributed by atoms with Crippen LogP contribution < -0.4 is 9.47 Å². The van der Waals surface area contributed by atoms with Crippen LogP contribution >= 0.6 is 0 Å². The quantitative estimate of drug-likeness (QED) is 0.723. The maximum atomic E-state index is 13.5. The molecule has 1 aliphatic heterocycles. The van der Waals surface area contributed by atoms with E-state index in [-0.39, 0.29) is 17.9 Å². The zero-order valence-corrected chi connectivity index (χ0v) is 19.4. The van der Waals surface area contributed by atoms with E-state index in [1.807, 2.05) is 23.1 Å². The lowest BCUT2D eigenvalue weighted by atomic mass is 10.0. The molecule has 172 valence electrons. The van der Waals surface area contributed by atoms with E-state index >= 15 is 0 Å². The maximum absolute atomic E-state index is 13.5. The first-order valence-corrected chi connectivity index (χ1v) is 11.2. The Morgan fingerprint density at radius 3 is 2.72 bits per heavy atom. The van der Waals surface area contributed by atoms with E-state index in [0.29, 0.717) is 48.4 Å². The summed E-state index contributed by atoms with van der Waals surface area (Å²) in [7, 11) is 3.38. The molecule has 2 amide bonds. The van der Waals surface area contributed by atoms with Crippen LogP contribution in [0, 0.1) is 5.92 Å². The van der Waals surface area contributed by atoms with E-state index in [1.54, 1.807) is 43.5 Å². The van der Waals surface area contributed by atoms with E-state index in [9.17, 15) is 9.59 Å². The number of pyridine rings is 1. The molecule has 2 heterocycles. The molecule has 0 radical (unpaired) electrons. The van der Waals surface area contributed by atoms with Crippen molar-refractivity contribution in [2.75, 3.05) is 33.9 Å². The number of aromatic nitrogens is 1. The average molecular weight is 440 g/mol. The molecule has 1 atom stereocenters. The second-order valence-electron chi connectivity index (χ2n) is 8.60. The maximum Gasteiger partial charge on any atom is 0.272 e. The van der Waals surface area contributed by atoms with Crippen molar-refractivity contribution < 1.29 is 19.1 Å². The Morgan fingerprint density at radius 2 is 1.97 bits per heavy atom. The van der Waals surface area contributed by atoms with Crippen molar-refractivity contribution in [2.24, 2.45) is 5.92 Å². The van der Waals surface area contributed by atoms with Gasteiger partial charge in [-0.1, -0.05) is 26.0 Å². The first-order valence-electron chi connectivity index (χ1n) is 11.2. The molecule has 1 aromatic heterocycles. The van der Waals surface area contributed by atoms with Crippen LogP contribution in [0.4, 0.5) is 0 Å². The minimum Gasteiger partial charge on any atom is -0.497 e. The molecule has 32 heavy (non-hydrogen) atoms. The summed E-state index contributed by atoms with van der Waals surface area (Å²) in [6.45, 7) is 5.76. The second kappa shape index (κ2) is 11.0. The molecule has 0 aliphatic carbocycles. The lowest BCUT2D eigenvalue weighted by molar-refractivity contribution is 0.0553. The lowest BCUT2D eigenvalue weighted by Gasteiger charge is -2.34. The zero-order chi connectivity index (χ0) is 23.1. The van der Waals surface area contributed by atoms with Gasteiger partial charge in [-0.05, 0) is 43.4 Å². The smallest absolute Gasteiger partial charge is 0.272 e. The van der Waals surface area contributed by atoms with Crippen LogP contribution in [0.3, 0.4) is 0 Å². The molecule has 0 saturated heterocycles. The standard InChI is InChI=1S/C25H33N3O4/c1-18(2)15-19-17-32-23-10-6-5-9-21(23)24(29)27(3)13-7-8-14-28(19)25(30)22-16-20(31-4)11-12-26-22/h5-6,9-12,16,18-19H,7-8,13-15,17H2,1-4H3/t19-/m0/s1. The van der Waals surface area contributed by atoms with Crippen molar-refractivity contribution in [3.63, 3.8) is 0 Å². The molecule has 0 N–H and O–H groups in total. The molecule has 0 bridgehead atoms. The summed E-state index contributed by atoms with van der Waals surface area (Å²) in [5.41, 5.74) is 0.907. The summed E-state index contributed by atoms with van der Waals surface area (Å²) in [6, 6.07) is 10.6. The van der Waals surface area contributed by atoms with Crippen molar-refractivity contribution >= 4 is 11.8 Å². The fourth-order valence-corrected chi connectivity index (χ4v) is 3.98. The SMILES string of the molecule is COc1ccnc(C(=O)N2CCCCN(C)C(=O)c3ccccc3OC[C@@H]2CC(C)C)c1. The summed E-state index contributed by atoms with van der Waals surface area (Å²) >= 11 is 0. The Balaban J connectivity index is 1.94. The number of hydrogen-bond acceptors (Lipinski definition) is 5. The number of hydrogen-bond donors (Lipinski definition) is 0. The van der Waals surface area contributed by atoms with E-state index in [1.165, 1.54) is 0 Å². The highest BCUT2D eigenvalue weighted by Crippen LogP contribution is 2.24. The normalized spacial score (nSPS) is 17.8. The molecule has 1 aliphatic rings. The van der Waals surface area contributed by atoms with Crippen molar-refractivity contribution in [3.8, 4) is 11.5 Å². The Bertz CT molecular complexity index is 931.